The molecule has 29 heavy (non-hydrogen) atoms. The molecule has 1 aromatic heterocycles. The van der Waals surface area contributed by atoms with Gasteiger partial charge in [0.1, 0.15) is 5.82 Å². The standard InChI is InChI=1S/C21H21FN2O5/c1-13-14(18-23-19(28-24-18)16-7-4-5-10-17(16)22)8-6-9-15(13)20(25)29-27-12-11-21(2,3)26/h4-10,26H,11-12H2,1-3H3. The van der Waals surface area contributed by atoms with E-state index in [0.29, 0.717) is 17.5 Å². The van der Waals surface area contributed by atoms with Crippen LogP contribution >= 0.6 is 0 Å². The molecule has 0 radical (unpaired) electrons. The van der Waals surface area contributed by atoms with Crippen molar-refractivity contribution in [1.82, 2.24) is 10.1 Å². The van der Waals surface area contributed by atoms with Crippen molar-refractivity contribution in [1.29, 1.82) is 0 Å². The highest BCUT2D eigenvalue weighted by molar-refractivity contribution is 5.92. The fraction of sp³-hybridized carbons (Fsp3) is 0.286. The molecule has 0 amide bonds. The predicted octanol–water partition coefficient (Wildman–Crippen LogP) is 4.10. The van der Waals surface area contributed by atoms with Crippen LogP contribution in [0.3, 0.4) is 0 Å². The van der Waals surface area contributed by atoms with E-state index in [2.05, 4.69) is 10.1 Å². The molecule has 0 bridgehead atoms. The maximum Gasteiger partial charge on any atom is 0.373 e. The molecule has 0 saturated heterocycles. The Morgan fingerprint density at radius 1 is 1.17 bits per heavy atom. The minimum atomic E-state index is -0.920. The first-order chi connectivity index (χ1) is 13.8. The maximum atomic E-state index is 13.9. The van der Waals surface area contributed by atoms with Gasteiger partial charge >= 0.3 is 5.97 Å². The normalized spacial score (nSPS) is 11.5. The van der Waals surface area contributed by atoms with Crippen LogP contribution in [0.4, 0.5) is 4.39 Å². The topological polar surface area (TPSA) is 94.7 Å². The Balaban J connectivity index is 1.77. The first-order valence-electron chi connectivity index (χ1n) is 9.01. The molecule has 2 aromatic carbocycles. The molecule has 3 aromatic rings. The molecule has 0 unspecified atom stereocenters. The number of carbonyl (C=O) groups is 1. The maximum absolute atomic E-state index is 13.9. The summed E-state index contributed by atoms with van der Waals surface area (Å²) in [6.45, 7) is 5.03. The molecule has 1 N–H and O–H groups in total. The Kier molecular flexibility index (Phi) is 6.05. The summed E-state index contributed by atoms with van der Waals surface area (Å²) in [7, 11) is 0. The highest BCUT2D eigenvalue weighted by Gasteiger charge is 2.20. The van der Waals surface area contributed by atoms with Gasteiger partial charge in [-0.1, -0.05) is 29.4 Å². The van der Waals surface area contributed by atoms with Crippen LogP contribution in [0.1, 0.15) is 36.2 Å². The average molecular weight is 400 g/mol. The number of aromatic nitrogens is 2. The molecule has 0 aliphatic heterocycles. The second-order valence-corrected chi connectivity index (χ2v) is 7.14. The van der Waals surface area contributed by atoms with E-state index >= 15 is 0 Å². The molecular weight excluding hydrogens is 379 g/mol. The lowest BCUT2D eigenvalue weighted by Crippen LogP contribution is -2.21. The number of rotatable bonds is 7. The zero-order chi connectivity index (χ0) is 21.0. The molecule has 0 fully saturated rings. The average Bonchev–Trinajstić information content (AvgIpc) is 3.14. The second-order valence-electron chi connectivity index (χ2n) is 7.14. The number of nitrogens with zero attached hydrogens (tertiary/aromatic N) is 2. The highest BCUT2D eigenvalue weighted by atomic mass is 19.1. The third kappa shape index (κ3) is 5.04. The molecule has 152 valence electrons. The van der Waals surface area contributed by atoms with Gasteiger partial charge in [-0.15, -0.1) is 0 Å². The predicted molar refractivity (Wildman–Crippen MR) is 102 cm³/mol. The summed E-state index contributed by atoms with van der Waals surface area (Å²) in [5.74, 6) is -0.892. The van der Waals surface area contributed by atoms with Gasteiger partial charge in [-0.25, -0.2) is 9.18 Å². The smallest absolute Gasteiger partial charge is 0.373 e. The Hall–Kier alpha value is -3.10. The van der Waals surface area contributed by atoms with Gasteiger partial charge in [-0.3, -0.25) is 4.89 Å². The summed E-state index contributed by atoms with van der Waals surface area (Å²) >= 11 is 0. The summed E-state index contributed by atoms with van der Waals surface area (Å²) in [6.07, 6.45) is 0.307. The Bertz CT molecular complexity index is 1010. The largest absolute Gasteiger partial charge is 0.390 e. The molecule has 0 aliphatic carbocycles. The zero-order valence-electron chi connectivity index (χ0n) is 16.3. The Morgan fingerprint density at radius 3 is 2.62 bits per heavy atom. The fourth-order valence-electron chi connectivity index (χ4n) is 2.61. The van der Waals surface area contributed by atoms with E-state index in [1.807, 2.05) is 0 Å². The Morgan fingerprint density at radius 2 is 1.90 bits per heavy atom. The van der Waals surface area contributed by atoms with E-state index in [1.165, 1.54) is 12.1 Å². The van der Waals surface area contributed by atoms with E-state index in [9.17, 15) is 14.3 Å². The molecule has 7 nitrogen and oxygen atoms in total. The summed E-state index contributed by atoms with van der Waals surface area (Å²) in [5, 5.41) is 13.5. The van der Waals surface area contributed by atoms with Gasteiger partial charge in [0.15, 0.2) is 0 Å². The fourth-order valence-corrected chi connectivity index (χ4v) is 2.61. The number of benzene rings is 2. The van der Waals surface area contributed by atoms with Gasteiger partial charge in [-0.2, -0.15) is 9.87 Å². The molecule has 0 aliphatic rings. The van der Waals surface area contributed by atoms with E-state index in [1.54, 1.807) is 51.1 Å². The van der Waals surface area contributed by atoms with Crippen LogP contribution in [0, 0.1) is 12.7 Å². The molecule has 8 heteroatoms. The first-order valence-corrected chi connectivity index (χ1v) is 9.01. The van der Waals surface area contributed by atoms with Gasteiger partial charge in [-0.05, 0) is 44.5 Å². The second kappa shape index (κ2) is 8.50. The van der Waals surface area contributed by atoms with Crippen molar-refractivity contribution in [2.75, 3.05) is 6.61 Å². The minimum absolute atomic E-state index is 0.0421. The van der Waals surface area contributed by atoms with E-state index < -0.39 is 17.4 Å². The van der Waals surface area contributed by atoms with Crippen LogP contribution < -0.4 is 0 Å². The Labute approximate surface area is 167 Å². The van der Waals surface area contributed by atoms with Crippen LogP contribution in [0.15, 0.2) is 47.0 Å². The number of hydrogen-bond donors (Lipinski definition) is 1. The summed E-state index contributed by atoms with van der Waals surface area (Å²) < 4.78 is 19.1. The van der Waals surface area contributed by atoms with Crippen LogP contribution in [0.25, 0.3) is 22.8 Å². The quantitative estimate of drug-likeness (QED) is 0.362. The van der Waals surface area contributed by atoms with Crippen molar-refractivity contribution in [3.63, 3.8) is 0 Å². The number of halogens is 1. The molecule has 3 rings (SSSR count). The lowest BCUT2D eigenvalue weighted by Gasteiger charge is -2.15. The first kappa shape index (κ1) is 20.6. The monoisotopic (exact) mass is 400 g/mol. The molecule has 0 spiro atoms. The summed E-state index contributed by atoms with van der Waals surface area (Å²) in [4.78, 5) is 26.3. The van der Waals surface area contributed by atoms with Crippen molar-refractivity contribution in [3.05, 3.63) is 59.4 Å². The van der Waals surface area contributed by atoms with Crippen LogP contribution in [0.2, 0.25) is 0 Å². The van der Waals surface area contributed by atoms with Crippen molar-refractivity contribution < 1.29 is 28.6 Å². The molecular formula is C21H21FN2O5. The molecule has 0 saturated carbocycles. The van der Waals surface area contributed by atoms with Gasteiger partial charge < -0.3 is 9.63 Å². The minimum Gasteiger partial charge on any atom is -0.390 e. The van der Waals surface area contributed by atoms with E-state index in [0.717, 1.165) is 0 Å². The SMILES string of the molecule is Cc1c(C(=O)OOCCC(C)(C)O)cccc1-c1noc(-c2ccccc2F)n1. The lowest BCUT2D eigenvalue weighted by molar-refractivity contribution is -0.246. The van der Waals surface area contributed by atoms with Gasteiger partial charge in [0, 0.05) is 12.0 Å². The number of carbonyl (C=O) groups excluding carboxylic acids is 1. The van der Waals surface area contributed by atoms with Crippen molar-refractivity contribution >= 4 is 5.97 Å². The molecule has 1 heterocycles. The lowest BCUT2D eigenvalue weighted by atomic mass is 10.0. The van der Waals surface area contributed by atoms with Crippen LogP contribution in [0.5, 0.6) is 0 Å². The van der Waals surface area contributed by atoms with Crippen molar-refractivity contribution in [2.24, 2.45) is 0 Å². The summed E-state index contributed by atoms with van der Waals surface area (Å²) in [6, 6.07) is 11.0. The van der Waals surface area contributed by atoms with Crippen LogP contribution in [-0.2, 0) is 9.78 Å². The molecule has 0 atom stereocenters. The van der Waals surface area contributed by atoms with E-state index in [4.69, 9.17) is 14.3 Å². The van der Waals surface area contributed by atoms with Crippen molar-refractivity contribution in [2.45, 2.75) is 32.8 Å². The third-order valence-corrected chi connectivity index (χ3v) is 4.26. The highest BCUT2D eigenvalue weighted by Crippen LogP contribution is 2.27. The van der Waals surface area contributed by atoms with Crippen LogP contribution in [-0.4, -0.2) is 33.4 Å². The third-order valence-electron chi connectivity index (χ3n) is 4.26. The van der Waals surface area contributed by atoms with E-state index in [-0.39, 0.29) is 29.4 Å². The zero-order valence-corrected chi connectivity index (χ0v) is 16.3. The van der Waals surface area contributed by atoms with Gasteiger partial charge in [0.2, 0.25) is 5.82 Å². The number of aliphatic hydroxyl groups is 1. The summed E-state index contributed by atoms with van der Waals surface area (Å²) in [5.41, 5.74) is 0.644. The van der Waals surface area contributed by atoms with Crippen molar-refractivity contribution in [3.8, 4) is 22.8 Å². The van der Waals surface area contributed by atoms with Gasteiger partial charge in [0.05, 0.1) is 23.3 Å². The van der Waals surface area contributed by atoms with Gasteiger partial charge in [0.25, 0.3) is 5.89 Å². The number of hydrogen-bond acceptors (Lipinski definition) is 7.